The van der Waals surface area contributed by atoms with Crippen molar-refractivity contribution in [3.05, 3.63) is 407 Å². The molecule has 2 aliphatic heterocycles. The molecule has 0 amide bonds. The van der Waals surface area contributed by atoms with Gasteiger partial charge in [0.15, 0.2) is 6.39 Å². The van der Waals surface area contributed by atoms with Crippen molar-refractivity contribution in [1.29, 1.82) is 0 Å². The first kappa shape index (κ1) is 97.4. The molecule has 0 unspecified atom stereocenters. The van der Waals surface area contributed by atoms with Crippen LogP contribution < -0.4 is 14.7 Å². The normalized spacial score (nSPS) is 10.6. The predicted molar refractivity (Wildman–Crippen MR) is 414 cm³/mol. The number of aryl methyl sites for hydroxylation is 2. The third-order valence-corrected chi connectivity index (χ3v) is 15.8. The zero-order valence-electron chi connectivity index (χ0n) is 59.2. The topological polar surface area (TPSA) is 126 Å². The van der Waals surface area contributed by atoms with E-state index in [4.69, 9.17) is 8.94 Å². The van der Waals surface area contributed by atoms with E-state index in [-0.39, 0.29) is 161 Å². The quantitative estimate of drug-likeness (QED) is 0.121. The maximum Gasteiger partial charge on any atom is 0.170 e. The van der Waals surface area contributed by atoms with Crippen LogP contribution in [0.25, 0.3) is 78.7 Å². The van der Waals surface area contributed by atoms with Crippen LogP contribution in [-0.2, 0) is 175 Å². The Kier molecular flexibility index (Phi) is 48.1. The van der Waals surface area contributed by atoms with E-state index in [9.17, 15) is 0 Å². The maximum atomic E-state index is 4.84. The van der Waals surface area contributed by atoms with Gasteiger partial charge in [-0.05, 0) is 72.9 Å². The molecule has 0 atom stereocenters. The number of thiazole rings is 1. The van der Waals surface area contributed by atoms with Crippen LogP contribution in [0.5, 0.6) is 0 Å². The fourth-order valence-electron chi connectivity index (χ4n) is 9.62. The van der Waals surface area contributed by atoms with Crippen molar-refractivity contribution in [1.82, 2.24) is 43.7 Å². The Balaban J connectivity index is 0.000000328. The summed E-state index contributed by atoms with van der Waals surface area (Å²) in [7, 11) is 5.88. The molecule has 2 aliphatic rings. The SMILES string of the molecule is CN1C=CN(c2[c-]cccc2)[CH-]1.Cn1ccc(-c2[c-]cccc2)n1.Cn1cnc(-c2[c-]ccc(-c3ccccc3)c2)c1.[Ir].[Ir].[Ir].[Ir].[Ir].[Ir].[Ir].[Ir].[c-]1ccccc1-c1ccon1.[c-]1ccccc1-c1ccsn1.[c-]1ccccc1-c1cocn1.[c-]1ccccc1-c1cscn1.[c-]1ccccc1N1C=CN(c2ccccc2)[CH-]1. The molecule has 16 aromatic rings. The number of para-hydroxylation sites is 3. The summed E-state index contributed by atoms with van der Waals surface area (Å²) >= 11 is 3.07. The van der Waals surface area contributed by atoms with Crippen LogP contribution in [0.3, 0.4) is 0 Å². The van der Waals surface area contributed by atoms with E-state index in [0.717, 1.165) is 84.6 Å². The van der Waals surface area contributed by atoms with Gasteiger partial charge in [0.1, 0.15) is 6.26 Å². The molecule has 0 fully saturated rings. The van der Waals surface area contributed by atoms with Crippen LogP contribution in [0.15, 0.2) is 355 Å². The van der Waals surface area contributed by atoms with Crippen LogP contribution in [0.1, 0.15) is 0 Å². The minimum atomic E-state index is 0. The molecule has 8 radical (unpaired) electrons. The Bertz CT molecular complexity index is 4660. The fraction of sp³-hybridized carbons (Fsp3) is 0.0345. The van der Waals surface area contributed by atoms with Gasteiger partial charge >= 0.3 is 0 Å². The number of anilines is 3. The molecule has 0 bridgehead atoms. The minimum Gasteiger partial charge on any atom is -0.510 e. The standard InChI is InChI=1S/C16H13N2.C15H12N2.C10H10N2.C10H9N2.2C9H6NO.2C9H6NS.8Ir/c1-18-11-16(17-12-18)15-9-5-8-14(10-15)13-6-3-2-4-7-13;1-3-7-14(8-4-1)16-11-12-17(13-16)15-9-5-2-6-10-15;1-11-7-8-12(9-11)10-5-3-2-4-6-10;1-12-8-7-10(11-12)9-5-3-2-4-6-9;1-2-4-8(5-3-1)9-6-11-7-10-9;1-2-4-8(5-3-1)9-6-7-11-10-9;1-2-4-8(5-3-1)9-6-11-7-10-9;1-2-4-8(5-3-1)9-6-7-11-10-9;;;;;;;;/h2-8,10-12H,1H3;1-9,11-13H;2-5,7-9H,1H3;2-5,7-8H,1H3;4*1-4,6-7H;;;;;;;;/q-1;2*-2;5*-1;;;;;;;;. The minimum absolute atomic E-state index is 0. The second-order valence-electron chi connectivity index (χ2n) is 22.1. The third-order valence-electron chi connectivity index (χ3n) is 14.7. The van der Waals surface area contributed by atoms with Crippen LogP contribution in [0, 0.1) is 61.9 Å². The smallest absolute Gasteiger partial charge is 0.170 e. The summed E-state index contributed by atoms with van der Waals surface area (Å²) < 4.78 is 17.5. The number of hydrogen-bond donors (Lipinski definition) is 0. The number of oxazole rings is 1. The zero-order chi connectivity index (χ0) is 70.7. The molecule has 8 heterocycles. The first-order valence-corrected chi connectivity index (χ1v) is 34.2. The number of imidazole rings is 1. The first-order valence-electron chi connectivity index (χ1n) is 32.4. The largest absolute Gasteiger partial charge is 0.510 e. The van der Waals surface area contributed by atoms with E-state index in [1.54, 1.807) is 34.9 Å². The number of nitrogens with zero attached hydrogens (tertiary/aromatic N) is 12. The second-order valence-corrected chi connectivity index (χ2v) is 23.5. The van der Waals surface area contributed by atoms with Crippen LogP contribution in [0.4, 0.5) is 17.1 Å². The fourth-order valence-corrected chi connectivity index (χ4v) is 10.7. The van der Waals surface area contributed by atoms with E-state index in [2.05, 4.69) is 119 Å². The Hall–Kier alpha value is -7.83. The molecule has 18 rings (SSSR count). The Morgan fingerprint density at radius 2 is 0.901 bits per heavy atom. The van der Waals surface area contributed by atoms with Crippen LogP contribution in [0.2, 0.25) is 0 Å². The van der Waals surface area contributed by atoms with Gasteiger partial charge < -0.3 is 33.1 Å². The van der Waals surface area contributed by atoms with Gasteiger partial charge in [0.2, 0.25) is 0 Å². The molecule has 10 aromatic carbocycles. The number of aromatic nitrogens is 8. The summed E-state index contributed by atoms with van der Waals surface area (Å²) in [5, 5.41) is 12.0. The van der Waals surface area contributed by atoms with E-state index in [1.807, 2.05) is 338 Å². The molecular weight excluding hydrogens is 2850 g/mol. The van der Waals surface area contributed by atoms with Gasteiger partial charge in [-0.3, -0.25) is 19.6 Å². The van der Waals surface area contributed by atoms with Gasteiger partial charge in [-0.2, -0.15) is 67.3 Å². The van der Waals surface area contributed by atoms with Gasteiger partial charge in [-0.15, -0.1) is 249 Å². The van der Waals surface area contributed by atoms with Crippen molar-refractivity contribution >= 4 is 39.9 Å². The van der Waals surface area contributed by atoms with E-state index in [1.165, 1.54) is 29.1 Å². The van der Waals surface area contributed by atoms with Gasteiger partial charge in [-0.25, -0.2) is 9.47 Å². The zero-order valence-corrected chi connectivity index (χ0v) is 80.0. The van der Waals surface area contributed by atoms with Crippen molar-refractivity contribution in [3.63, 3.8) is 0 Å². The summed E-state index contributed by atoms with van der Waals surface area (Å²) in [5.74, 6) is 0. The maximum absolute atomic E-state index is 4.84. The van der Waals surface area contributed by atoms with Crippen LogP contribution in [-0.4, -0.2) is 50.8 Å². The summed E-state index contributed by atoms with van der Waals surface area (Å²) in [4.78, 5) is 20.7. The molecule has 0 aliphatic carbocycles. The van der Waals surface area contributed by atoms with E-state index < -0.39 is 0 Å². The average Bonchev–Trinajstić information content (AvgIpc) is 1.12. The summed E-state index contributed by atoms with van der Waals surface area (Å²) in [6, 6.07) is 112. The molecule has 0 spiro atoms. The molecule has 582 valence electrons. The molecule has 0 saturated heterocycles. The molecule has 24 heteroatoms. The summed E-state index contributed by atoms with van der Waals surface area (Å²) in [6.45, 7) is 4.05. The van der Waals surface area contributed by atoms with E-state index >= 15 is 0 Å². The molecular formula is C87H68Ir8N12O2S2-10. The average molecular weight is 2920 g/mol. The number of benzene rings is 10. The van der Waals surface area contributed by atoms with Gasteiger partial charge in [0.05, 0.1) is 18.1 Å². The second kappa shape index (κ2) is 54.8. The van der Waals surface area contributed by atoms with Crippen molar-refractivity contribution in [3.8, 4) is 78.7 Å². The van der Waals surface area contributed by atoms with Gasteiger partial charge in [0, 0.05) is 221 Å². The molecule has 111 heavy (non-hydrogen) atoms. The molecule has 0 saturated carbocycles. The summed E-state index contributed by atoms with van der Waals surface area (Å²) in [5.41, 5.74) is 19.2. The van der Waals surface area contributed by atoms with E-state index in [0.29, 0.717) is 0 Å². The third kappa shape index (κ3) is 32.3. The van der Waals surface area contributed by atoms with Crippen molar-refractivity contribution in [2.45, 2.75) is 0 Å². The number of hydrogen-bond acceptors (Lipinski definition) is 14. The van der Waals surface area contributed by atoms with Crippen LogP contribution >= 0.6 is 22.9 Å². The first-order chi connectivity index (χ1) is 50.8. The number of rotatable bonds is 10. The Labute approximate surface area is 766 Å². The van der Waals surface area contributed by atoms with Gasteiger partial charge in [0.25, 0.3) is 0 Å². The van der Waals surface area contributed by atoms with Gasteiger partial charge in [-0.1, -0.05) is 72.2 Å². The predicted octanol–water partition coefficient (Wildman–Crippen LogP) is 20.2. The van der Waals surface area contributed by atoms with Crippen molar-refractivity contribution < 1.29 is 170 Å². The van der Waals surface area contributed by atoms with Crippen molar-refractivity contribution in [2.24, 2.45) is 14.1 Å². The Morgan fingerprint density at radius 1 is 0.396 bits per heavy atom. The molecule has 0 N–H and O–H groups in total. The Morgan fingerprint density at radius 3 is 1.35 bits per heavy atom. The summed E-state index contributed by atoms with van der Waals surface area (Å²) in [6.07, 6.45) is 18.4. The monoisotopic (exact) mass is 2920 g/mol. The molecule has 6 aromatic heterocycles. The molecule has 14 nitrogen and oxygen atoms in total. The van der Waals surface area contributed by atoms with Crippen molar-refractivity contribution in [2.75, 3.05) is 21.7 Å².